The average Bonchev–Trinajstić information content (AvgIpc) is 3.39. The molecule has 2 atom stereocenters. The fourth-order valence-electron chi connectivity index (χ4n) is 7.05. The Hall–Kier alpha value is -4.67. The van der Waals surface area contributed by atoms with Gasteiger partial charge in [-0.15, -0.1) is 0 Å². The van der Waals surface area contributed by atoms with Crippen molar-refractivity contribution in [1.29, 1.82) is 0 Å². The molecule has 3 aromatic carbocycles. The highest BCUT2D eigenvalue weighted by molar-refractivity contribution is 9.11. The van der Waals surface area contributed by atoms with Crippen molar-refractivity contribution in [1.82, 2.24) is 29.6 Å². The number of carboxylic acid groups (broad SMARTS) is 1. The fraction of sp³-hybridized carbons (Fsp3) is 0.361. The van der Waals surface area contributed by atoms with Crippen LogP contribution in [0.25, 0.3) is 11.0 Å². The van der Waals surface area contributed by atoms with E-state index in [-0.39, 0.29) is 36.5 Å². The van der Waals surface area contributed by atoms with E-state index in [0.29, 0.717) is 64.0 Å². The number of hydrogen-bond acceptors (Lipinski definition) is 7. The van der Waals surface area contributed by atoms with E-state index >= 15 is 0 Å². The Morgan fingerprint density at radius 1 is 1.06 bits per heavy atom. The van der Waals surface area contributed by atoms with Gasteiger partial charge in [0.1, 0.15) is 5.82 Å². The number of anilines is 2. The van der Waals surface area contributed by atoms with Crippen LogP contribution >= 0.6 is 31.9 Å². The molecule has 1 aromatic heterocycles. The fourth-order valence-corrected chi connectivity index (χ4v) is 8.33. The van der Waals surface area contributed by atoms with Crippen LogP contribution < -0.4 is 22.1 Å². The lowest BCUT2D eigenvalue weighted by Crippen LogP contribution is -2.52. The maximum atomic E-state index is 14.1. The van der Waals surface area contributed by atoms with Crippen molar-refractivity contribution in [3.63, 3.8) is 0 Å². The molecular formula is C36H41Br2N9O5. The van der Waals surface area contributed by atoms with Crippen LogP contribution in [-0.4, -0.2) is 93.1 Å². The number of primary amides is 1. The summed E-state index contributed by atoms with van der Waals surface area (Å²) < 4.78 is 3.19. The quantitative estimate of drug-likeness (QED) is 0.133. The van der Waals surface area contributed by atoms with E-state index in [1.807, 2.05) is 64.9 Å². The van der Waals surface area contributed by atoms with Crippen LogP contribution in [0.4, 0.5) is 21.0 Å². The molecule has 0 saturated carbocycles. The molecule has 1 unspecified atom stereocenters. The number of piperidine rings is 1. The van der Waals surface area contributed by atoms with Crippen LogP contribution in [0.1, 0.15) is 58.8 Å². The molecular weight excluding hydrogens is 798 g/mol. The first-order chi connectivity index (χ1) is 24.8. The summed E-state index contributed by atoms with van der Waals surface area (Å²) >= 11 is 7.06. The molecule has 7 N–H and O–H groups in total. The summed E-state index contributed by atoms with van der Waals surface area (Å²) in [6.45, 7) is 1.45. The summed E-state index contributed by atoms with van der Waals surface area (Å²) in [6.07, 6.45) is 1.58. The third kappa shape index (κ3) is 7.88. The summed E-state index contributed by atoms with van der Waals surface area (Å²) in [5.74, 6) is -1.22. The lowest BCUT2D eigenvalue weighted by molar-refractivity contribution is -0.119. The molecule has 2 aliphatic heterocycles. The number of benzene rings is 3. The minimum atomic E-state index is -1.11. The van der Waals surface area contributed by atoms with Gasteiger partial charge in [-0.2, -0.15) is 0 Å². The zero-order valence-corrected chi connectivity index (χ0v) is 32.0. The largest absolute Gasteiger partial charge is 0.478 e. The molecule has 4 aromatic rings. The Morgan fingerprint density at radius 3 is 2.40 bits per heavy atom. The van der Waals surface area contributed by atoms with Gasteiger partial charge in [-0.1, -0.05) is 18.2 Å². The lowest BCUT2D eigenvalue weighted by Gasteiger charge is -2.38. The second-order valence-corrected chi connectivity index (χ2v) is 15.1. The lowest BCUT2D eigenvalue weighted by atomic mass is 10.0. The van der Waals surface area contributed by atoms with Crippen molar-refractivity contribution in [2.75, 3.05) is 44.8 Å². The number of hydrogen-bond donors (Lipinski definition) is 5. The van der Waals surface area contributed by atoms with E-state index < -0.39 is 24.1 Å². The molecule has 2 aliphatic rings. The third-order valence-corrected chi connectivity index (χ3v) is 11.1. The monoisotopic (exact) mass is 837 g/mol. The van der Waals surface area contributed by atoms with Gasteiger partial charge in [0, 0.05) is 46.7 Å². The summed E-state index contributed by atoms with van der Waals surface area (Å²) in [5.41, 5.74) is 16.2. The number of nitrogens with one attached hydrogen (secondary N) is 2. The number of para-hydroxylation sites is 1. The number of nitrogens with zero attached hydrogens (tertiary/aromatic N) is 5. The maximum absolute atomic E-state index is 14.1. The molecule has 16 heteroatoms. The zero-order valence-electron chi connectivity index (χ0n) is 28.8. The highest BCUT2D eigenvalue weighted by Gasteiger charge is 2.34. The first-order valence-electron chi connectivity index (χ1n) is 16.9. The summed E-state index contributed by atoms with van der Waals surface area (Å²) in [6, 6.07) is 15.0. The molecule has 0 aliphatic carbocycles. The number of carboxylic acids is 1. The van der Waals surface area contributed by atoms with Gasteiger partial charge >= 0.3 is 18.0 Å². The molecule has 52 heavy (non-hydrogen) atoms. The van der Waals surface area contributed by atoms with E-state index in [1.54, 1.807) is 11.0 Å². The van der Waals surface area contributed by atoms with Crippen molar-refractivity contribution in [2.24, 2.45) is 5.73 Å². The molecule has 6 rings (SSSR count). The minimum Gasteiger partial charge on any atom is -0.478 e. The summed E-state index contributed by atoms with van der Waals surface area (Å²) in [5, 5.41) is 16.0. The Morgan fingerprint density at radius 2 is 1.75 bits per heavy atom. The normalized spacial score (nSPS) is 16.3. The van der Waals surface area contributed by atoms with Gasteiger partial charge in [-0.3, -0.25) is 9.69 Å². The predicted octanol–water partition coefficient (Wildman–Crippen LogP) is 5.33. The van der Waals surface area contributed by atoms with Crippen LogP contribution in [0.2, 0.25) is 0 Å². The van der Waals surface area contributed by atoms with Crippen molar-refractivity contribution in [3.8, 4) is 0 Å². The van der Waals surface area contributed by atoms with Crippen molar-refractivity contribution in [3.05, 3.63) is 86.1 Å². The zero-order chi connectivity index (χ0) is 37.3. The number of nitrogen functional groups attached to an aromatic ring is 1. The molecule has 1 fully saturated rings. The van der Waals surface area contributed by atoms with Crippen LogP contribution in [0.5, 0.6) is 0 Å². The Kier molecular flexibility index (Phi) is 11.1. The van der Waals surface area contributed by atoms with Gasteiger partial charge in [-0.05, 0) is 113 Å². The molecule has 1 saturated heterocycles. The van der Waals surface area contributed by atoms with Crippen LogP contribution in [0.15, 0.2) is 63.5 Å². The van der Waals surface area contributed by atoms with Gasteiger partial charge in [0.25, 0.3) is 0 Å². The number of halogens is 2. The second kappa shape index (κ2) is 15.5. The number of aromatic nitrogens is 2. The third-order valence-electron chi connectivity index (χ3n) is 9.76. The van der Waals surface area contributed by atoms with Crippen molar-refractivity contribution < 1.29 is 24.3 Å². The van der Waals surface area contributed by atoms with Gasteiger partial charge in [0.15, 0.2) is 0 Å². The minimum absolute atomic E-state index is 0.0269. The maximum Gasteiger partial charge on any atom is 0.335 e. The number of urea groups is 2. The number of carbonyl (C=O) groups excluding carboxylic acids is 3. The predicted molar refractivity (Wildman–Crippen MR) is 205 cm³/mol. The Balaban J connectivity index is 1.31. The van der Waals surface area contributed by atoms with Crippen LogP contribution in [0.3, 0.4) is 0 Å². The first-order valence-corrected chi connectivity index (χ1v) is 18.5. The molecule has 274 valence electrons. The number of amides is 5. The van der Waals surface area contributed by atoms with Gasteiger partial charge in [-0.25, -0.2) is 19.4 Å². The van der Waals surface area contributed by atoms with Crippen molar-refractivity contribution >= 4 is 78.2 Å². The topological polar surface area (TPSA) is 192 Å². The van der Waals surface area contributed by atoms with E-state index in [4.69, 9.17) is 16.5 Å². The molecule has 14 nitrogen and oxygen atoms in total. The highest BCUT2D eigenvalue weighted by atomic mass is 79.9. The van der Waals surface area contributed by atoms with Gasteiger partial charge < -0.3 is 41.6 Å². The standard InChI is InChI=1S/C36H41Br2N9O5/c1-44(2)31(19-30(39)48)47-29-8-7-22(34(49)50)18-27(29)41-33(47)28(17-20-15-24(37)32(40)25(38)16-20)43-35(51)45-12-10-23(11-13-45)46-14-9-21-5-3-4-6-26(21)42-36(46)52/h3-8,15-16,18,23,28,31H,9-14,17,19,40H2,1-2H3,(H2,39,48)(H,42,52)(H,43,51)(H,49,50)/t28-,31?/m1/s1. The van der Waals surface area contributed by atoms with E-state index in [0.717, 1.165) is 23.2 Å². The molecule has 3 heterocycles. The van der Waals surface area contributed by atoms with E-state index in [1.165, 1.54) is 12.1 Å². The molecule has 5 amide bonds. The van der Waals surface area contributed by atoms with Crippen LogP contribution in [0, 0.1) is 0 Å². The Bertz CT molecular complexity index is 2010. The number of fused-ring (bicyclic) bond motifs is 2. The highest BCUT2D eigenvalue weighted by Crippen LogP contribution is 2.34. The second-order valence-electron chi connectivity index (χ2n) is 13.4. The van der Waals surface area contributed by atoms with E-state index in [9.17, 15) is 24.3 Å². The number of aromatic carboxylic acids is 1. The molecule has 0 spiro atoms. The van der Waals surface area contributed by atoms with E-state index in [2.05, 4.69) is 42.5 Å². The first kappa shape index (κ1) is 37.1. The molecule has 0 radical (unpaired) electrons. The van der Waals surface area contributed by atoms with Gasteiger partial charge in [0.05, 0.1) is 40.9 Å². The SMILES string of the molecule is CN(C)C(CC(N)=O)n1c([C@@H](Cc2cc(Br)c(N)c(Br)c2)NC(=O)N2CCC(N3CCc4ccccc4NC3=O)CC2)nc2cc(C(=O)O)ccc21. The smallest absolute Gasteiger partial charge is 0.335 e. The number of nitrogens with two attached hydrogens (primary N) is 2. The molecule has 0 bridgehead atoms. The van der Waals surface area contributed by atoms with Gasteiger partial charge in [0.2, 0.25) is 5.91 Å². The Labute approximate surface area is 317 Å². The number of carbonyl (C=O) groups is 4. The number of imidazole rings is 1. The number of rotatable bonds is 10. The summed E-state index contributed by atoms with van der Waals surface area (Å²) in [4.78, 5) is 62.0. The average molecular weight is 840 g/mol. The van der Waals surface area contributed by atoms with Crippen molar-refractivity contribution in [2.45, 2.75) is 50.4 Å². The number of likely N-dealkylation sites (tertiary alicyclic amines) is 1. The van der Waals surface area contributed by atoms with Crippen LogP contribution in [-0.2, 0) is 17.6 Å². The summed E-state index contributed by atoms with van der Waals surface area (Å²) in [7, 11) is 3.62.